The fourth-order valence-corrected chi connectivity index (χ4v) is 4.30. The van der Waals surface area contributed by atoms with E-state index < -0.39 is 24.0 Å². The van der Waals surface area contributed by atoms with Gasteiger partial charge in [-0.05, 0) is 55.4 Å². The van der Waals surface area contributed by atoms with Crippen LogP contribution in [0.25, 0.3) is 0 Å². The molecule has 2 aliphatic carbocycles. The van der Waals surface area contributed by atoms with E-state index in [4.69, 9.17) is 4.74 Å². The summed E-state index contributed by atoms with van der Waals surface area (Å²) >= 11 is 0. The summed E-state index contributed by atoms with van der Waals surface area (Å²) in [5.74, 6) is -0.540. The molecule has 0 bridgehead atoms. The first-order valence-electron chi connectivity index (χ1n) is 12.4. The van der Waals surface area contributed by atoms with Gasteiger partial charge < -0.3 is 20.5 Å². The molecular formula is C28H34N2O5. The smallest absolute Gasteiger partial charge is 0.251 e. The predicted octanol–water partition coefficient (Wildman–Crippen LogP) is 3.05. The van der Waals surface area contributed by atoms with Gasteiger partial charge in [0.15, 0.2) is 5.78 Å². The van der Waals surface area contributed by atoms with Crippen molar-refractivity contribution in [3.05, 3.63) is 65.7 Å². The molecule has 7 nitrogen and oxygen atoms in total. The van der Waals surface area contributed by atoms with Gasteiger partial charge in [-0.3, -0.25) is 14.4 Å². The van der Waals surface area contributed by atoms with Gasteiger partial charge in [-0.25, -0.2) is 0 Å². The number of aliphatic hydroxyl groups is 1. The van der Waals surface area contributed by atoms with Gasteiger partial charge >= 0.3 is 0 Å². The highest BCUT2D eigenvalue weighted by atomic mass is 16.5. The zero-order valence-electron chi connectivity index (χ0n) is 20.1. The Hall–Kier alpha value is -3.19. The van der Waals surface area contributed by atoms with Crippen molar-refractivity contribution in [1.29, 1.82) is 0 Å². The number of hydrogen-bond donors (Lipinski definition) is 3. The lowest BCUT2D eigenvalue weighted by Gasteiger charge is -2.25. The molecule has 0 aromatic heterocycles. The molecule has 3 N–H and O–H groups in total. The molecule has 2 saturated carbocycles. The second kappa shape index (κ2) is 11.5. The topological polar surface area (TPSA) is 105 Å². The standard InChI is InChI=1S/C28H34N2O5/c1-35-23-9-5-8-20(16-23)27(33)30-24(15-19-10-11-19)25(31)17-21(14-18-6-3-2-4-7-18)26(32)28(34)29-22-12-13-22/h2-9,16,19,21-22,24,26,32H,10-15,17H2,1H3,(H,29,34)(H,30,33)/t21?,24-,26?/m0/s1. The highest BCUT2D eigenvalue weighted by molar-refractivity contribution is 5.98. The number of ketones is 1. The third-order valence-electron chi connectivity index (χ3n) is 6.73. The summed E-state index contributed by atoms with van der Waals surface area (Å²) < 4.78 is 5.21. The van der Waals surface area contributed by atoms with Gasteiger partial charge in [-0.2, -0.15) is 0 Å². The number of hydrogen-bond acceptors (Lipinski definition) is 5. The third kappa shape index (κ3) is 7.39. The second-order valence-corrected chi connectivity index (χ2v) is 9.79. The van der Waals surface area contributed by atoms with Crippen LogP contribution in [0, 0.1) is 11.8 Å². The Morgan fingerprint density at radius 3 is 2.43 bits per heavy atom. The number of Topliss-reactive ketones (excluding diaryl/α,β-unsaturated/α-hetero) is 1. The monoisotopic (exact) mass is 478 g/mol. The molecule has 2 unspecified atom stereocenters. The Morgan fingerprint density at radius 1 is 1.03 bits per heavy atom. The molecule has 2 amide bonds. The Balaban J connectivity index is 1.47. The number of amides is 2. The van der Waals surface area contributed by atoms with Crippen LogP contribution in [0.15, 0.2) is 54.6 Å². The van der Waals surface area contributed by atoms with Crippen molar-refractivity contribution in [3.63, 3.8) is 0 Å². The maximum atomic E-state index is 13.5. The van der Waals surface area contributed by atoms with Crippen LogP contribution in [0.4, 0.5) is 0 Å². The van der Waals surface area contributed by atoms with E-state index in [1.165, 1.54) is 7.11 Å². The quantitative estimate of drug-likeness (QED) is 0.411. The Labute approximate surface area is 206 Å². The largest absolute Gasteiger partial charge is 0.497 e. The summed E-state index contributed by atoms with van der Waals surface area (Å²) in [4.78, 5) is 39.1. The van der Waals surface area contributed by atoms with Gasteiger partial charge in [-0.1, -0.05) is 49.2 Å². The zero-order valence-corrected chi connectivity index (χ0v) is 20.1. The summed E-state index contributed by atoms with van der Waals surface area (Å²) in [6, 6.07) is 15.8. The van der Waals surface area contributed by atoms with E-state index in [1.807, 2.05) is 30.3 Å². The number of rotatable bonds is 13. The van der Waals surface area contributed by atoms with Gasteiger partial charge in [0.05, 0.1) is 13.2 Å². The number of methoxy groups -OCH3 is 1. The van der Waals surface area contributed by atoms with E-state index in [9.17, 15) is 19.5 Å². The summed E-state index contributed by atoms with van der Waals surface area (Å²) in [6.07, 6.45) is 3.58. The fraction of sp³-hybridized carbons (Fsp3) is 0.464. The molecule has 7 heteroatoms. The highest BCUT2D eigenvalue weighted by Crippen LogP contribution is 2.34. The molecule has 0 aliphatic heterocycles. The SMILES string of the molecule is COc1cccc(C(=O)N[C@@H](CC2CC2)C(=O)CC(Cc2ccccc2)C(O)C(=O)NC2CC2)c1. The van der Waals surface area contributed by atoms with Crippen LogP contribution in [-0.4, -0.2) is 48.0 Å². The van der Waals surface area contributed by atoms with Crippen LogP contribution in [0.3, 0.4) is 0 Å². The van der Waals surface area contributed by atoms with Crippen LogP contribution in [0.5, 0.6) is 5.75 Å². The molecule has 4 rings (SSSR count). The minimum atomic E-state index is -1.30. The Bertz CT molecular complexity index is 1030. The zero-order chi connectivity index (χ0) is 24.8. The van der Waals surface area contributed by atoms with Crippen molar-refractivity contribution in [1.82, 2.24) is 10.6 Å². The van der Waals surface area contributed by atoms with Crippen molar-refractivity contribution >= 4 is 17.6 Å². The van der Waals surface area contributed by atoms with Crippen molar-refractivity contribution in [2.24, 2.45) is 11.8 Å². The van der Waals surface area contributed by atoms with Crippen LogP contribution in [-0.2, 0) is 16.0 Å². The third-order valence-corrected chi connectivity index (χ3v) is 6.73. The maximum Gasteiger partial charge on any atom is 0.251 e. The molecule has 35 heavy (non-hydrogen) atoms. The summed E-state index contributed by atoms with van der Waals surface area (Å²) in [6.45, 7) is 0. The van der Waals surface area contributed by atoms with Gasteiger partial charge in [0, 0.05) is 23.9 Å². The minimum Gasteiger partial charge on any atom is -0.497 e. The van der Waals surface area contributed by atoms with E-state index in [0.717, 1.165) is 31.2 Å². The van der Waals surface area contributed by atoms with E-state index in [2.05, 4.69) is 10.6 Å². The molecule has 2 aromatic rings. The van der Waals surface area contributed by atoms with Crippen LogP contribution in [0.1, 0.15) is 54.4 Å². The van der Waals surface area contributed by atoms with Crippen LogP contribution < -0.4 is 15.4 Å². The first-order chi connectivity index (χ1) is 16.9. The molecule has 186 valence electrons. The molecule has 0 radical (unpaired) electrons. The highest BCUT2D eigenvalue weighted by Gasteiger charge is 2.36. The van der Waals surface area contributed by atoms with Gasteiger partial charge in [0.25, 0.3) is 5.91 Å². The molecule has 2 aliphatic rings. The second-order valence-electron chi connectivity index (χ2n) is 9.79. The van der Waals surface area contributed by atoms with Crippen molar-refractivity contribution < 1.29 is 24.2 Å². The predicted molar refractivity (Wildman–Crippen MR) is 132 cm³/mol. The fourth-order valence-electron chi connectivity index (χ4n) is 4.30. The normalized spacial score (nSPS) is 17.7. The first kappa shape index (κ1) is 24.9. The van der Waals surface area contributed by atoms with E-state index in [1.54, 1.807) is 24.3 Å². The molecule has 0 heterocycles. The summed E-state index contributed by atoms with van der Waals surface area (Å²) in [7, 11) is 1.54. The first-order valence-corrected chi connectivity index (χ1v) is 12.4. The molecule has 2 fully saturated rings. The lowest BCUT2D eigenvalue weighted by molar-refractivity contribution is -0.133. The summed E-state index contributed by atoms with van der Waals surface area (Å²) in [5, 5.41) is 16.6. The molecule has 0 spiro atoms. The minimum absolute atomic E-state index is 0.00389. The number of ether oxygens (including phenoxy) is 1. The lowest BCUT2D eigenvalue weighted by Crippen LogP contribution is -2.45. The van der Waals surface area contributed by atoms with E-state index >= 15 is 0 Å². The van der Waals surface area contributed by atoms with Crippen LogP contribution >= 0.6 is 0 Å². The van der Waals surface area contributed by atoms with Gasteiger partial charge in [0.2, 0.25) is 5.91 Å². The Morgan fingerprint density at radius 2 is 1.77 bits per heavy atom. The number of carbonyl (C=O) groups is 3. The molecular weight excluding hydrogens is 444 g/mol. The number of nitrogens with one attached hydrogen (secondary N) is 2. The van der Waals surface area contributed by atoms with Crippen LogP contribution in [0.2, 0.25) is 0 Å². The van der Waals surface area contributed by atoms with Gasteiger partial charge in [0.1, 0.15) is 11.9 Å². The molecule has 0 saturated heterocycles. The van der Waals surface area contributed by atoms with Crippen molar-refractivity contribution in [2.75, 3.05) is 7.11 Å². The number of carbonyl (C=O) groups excluding carboxylic acids is 3. The van der Waals surface area contributed by atoms with E-state index in [0.29, 0.717) is 30.1 Å². The van der Waals surface area contributed by atoms with E-state index in [-0.39, 0.29) is 24.2 Å². The average molecular weight is 479 g/mol. The molecule has 3 atom stereocenters. The van der Waals surface area contributed by atoms with Crippen molar-refractivity contribution in [2.45, 2.75) is 63.1 Å². The molecule has 2 aromatic carbocycles. The maximum absolute atomic E-state index is 13.5. The van der Waals surface area contributed by atoms with Crippen molar-refractivity contribution in [3.8, 4) is 5.75 Å². The number of aliphatic hydroxyl groups excluding tert-OH is 1. The Kier molecular flexibility index (Phi) is 8.18. The number of benzene rings is 2. The summed E-state index contributed by atoms with van der Waals surface area (Å²) in [5.41, 5.74) is 1.37. The van der Waals surface area contributed by atoms with Gasteiger partial charge in [-0.15, -0.1) is 0 Å². The average Bonchev–Trinajstić information content (AvgIpc) is 3.80. The lowest BCUT2D eigenvalue weighted by atomic mass is 9.86.